The standard InChI is InChI=1S/C18H16IN3OS/c1-12-10-14(11-20-21-18(23)17-4-3-9-24-17)13(2)22(12)16-7-5-15(19)6-8-16/h3-11H,1-2H3,(H,21,23)/b20-11+. The minimum absolute atomic E-state index is 0.187. The number of halogens is 1. The molecule has 1 aromatic carbocycles. The maximum atomic E-state index is 11.9. The minimum Gasteiger partial charge on any atom is -0.318 e. The predicted molar refractivity (Wildman–Crippen MR) is 107 cm³/mol. The van der Waals surface area contributed by atoms with Gasteiger partial charge in [0, 0.05) is 26.2 Å². The fraction of sp³-hybridized carbons (Fsp3) is 0.111. The third-order valence-electron chi connectivity index (χ3n) is 3.67. The number of carbonyl (C=O) groups excluding carboxylic acids is 1. The summed E-state index contributed by atoms with van der Waals surface area (Å²) in [5.41, 5.74) is 6.88. The van der Waals surface area contributed by atoms with Gasteiger partial charge in [-0.3, -0.25) is 4.79 Å². The molecule has 122 valence electrons. The zero-order valence-electron chi connectivity index (χ0n) is 13.3. The van der Waals surface area contributed by atoms with Crippen LogP contribution < -0.4 is 5.43 Å². The van der Waals surface area contributed by atoms with Crippen molar-refractivity contribution in [1.29, 1.82) is 0 Å². The lowest BCUT2D eigenvalue weighted by molar-refractivity contribution is 0.0959. The van der Waals surface area contributed by atoms with Gasteiger partial charge < -0.3 is 4.57 Å². The Kier molecular flexibility index (Phi) is 5.15. The Morgan fingerprint density at radius 1 is 1.25 bits per heavy atom. The molecule has 0 bridgehead atoms. The van der Waals surface area contributed by atoms with Gasteiger partial charge >= 0.3 is 0 Å². The minimum atomic E-state index is -0.187. The van der Waals surface area contributed by atoms with Crippen LogP contribution in [0.25, 0.3) is 5.69 Å². The largest absolute Gasteiger partial charge is 0.318 e. The average Bonchev–Trinajstić information content (AvgIpc) is 3.18. The third kappa shape index (κ3) is 3.59. The number of carbonyl (C=O) groups is 1. The van der Waals surface area contributed by atoms with Crippen molar-refractivity contribution in [3.05, 3.63) is 73.2 Å². The topological polar surface area (TPSA) is 46.4 Å². The Morgan fingerprint density at radius 3 is 2.67 bits per heavy atom. The van der Waals surface area contributed by atoms with Gasteiger partial charge in [-0.1, -0.05) is 6.07 Å². The van der Waals surface area contributed by atoms with E-state index in [-0.39, 0.29) is 5.91 Å². The molecule has 2 aromatic heterocycles. The number of benzene rings is 1. The first-order chi connectivity index (χ1) is 11.6. The summed E-state index contributed by atoms with van der Waals surface area (Å²) in [6, 6.07) is 14.1. The molecule has 0 radical (unpaired) electrons. The summed E-state index contributed by atoms with van der Waals surface area (Å²) in [6.07, 6.45) is 1.69. The molecule has 24 heavy (non-hydrogen) atoms. The first kappa shape index (κ1) is 16.9. The molecule has 0 spiro atoms. The molecule has 0 aliphatic rings. The van der Waals surface area contributed by atoms with Crippen molar-refractivity contribution in [3.63, 3.8) is 0 Å². The fourth-order valence-electron chi connectivity index (χ4n) is 2.53. The molecule has 0 saturated heterocycles. The first-order valence-electron chi connectivity index (χ1n) is 7.38. The second-order valence-corrected chi connectivity index (χ2v) is 7.51. The Hall–Kier alpha value is -1.93. The highest BCUT2D eigenvalue weighted by Gasteiger charge is 2.10. The van der Waals surface area contributed by atoms with Gasteiger partial charge in [0.05, 0.1) is 11.1 Å². The van der Waals surface area contributed by atoms with E-state index in [9.17, 15) is 4.79 Å². The lowest BCUT2D eigenvalue weighted by atomic mass is 10.2. The van der Waals surface area contributed by atoms with Gasteiger partial charge in [-0.15, -0.1) is 11.3 Å². The van der Waals surface area contributed by atoms with Crippen molar-refractivity contribution >= 4 is 46.0 Å². The van der Waals surface area contributed by atoms with Crippen LogP contribution in [0.1, 0.15) is 26.6 Å². The van der Waals surface area contributed by atoms with Crippen LogP contribution >= 0.6 is 33.9 Å². The van der Waals surface area contributed by atoms with Gasteiger partial charge in [0.2, 0.25) is 0 Å². The number of nitrogens with one attached hydrogen (secondary N) is 1. The van der Waals surface area contributed by atoms with Crippen LogP contribution in [0.5, 0.6) is 0 Å². The number of hydrogen-bond acceptors (Lipinski definition) is 3. The average molecular weight is 449 g/mol. The van der Waals surface area contributed by atoms with Crippen LogP contribution in [0.15, 0.2) is 52.9 Å². The Morgan fingerprint density at radius 2 is 2.00 bits per heavy atom. The second kappa shape index (κ2) is 7.31. The molecule has 0 fully saturated rings. The summed E-state index contributed by atoms with van der Waals surface area (Å²) in [5, 5.41) is 5.96. The highest BCUT2D eigenvalue weighted by molar-refractivity contribution is 14.1. The fourth-order valence-corrected chi connectivity index (χ4v) is 3.50. The van der Waals surface area contributed by atoms with E-state index in [1.165, 1.54) is 14.9 Å². The zero-order valence-corrected chi connectivity index (χ0v) is 16.3. The normalized spacial score (nSPS) is 11.1. The summed E-state index contributed by atoms with van der Waals surface area (Å²) in [4.78, 5) is 12.5. The van der Waals surface area contributed by atoms with Crippen LogP contribution in [-0.4, -0.2) is 16.7 Å². The highest BCUT2D eigenvalue weighted by atomic mass is 127. The monoisotopic (exact) mass is 449 g/mol. The number of aryl methyl sites for hydroxylation is 1. The molecular formula is C18H16IN3OS. The van der Waals surface area contributed by atoms with Crippen molar-refractivity contribution < 1.29 is 4.79 Å². The van der Waals surface area contributed by atoms with Gasteiger partial charge in [0.1, 0.15) is 0 Å². The van der Waals surface area contributed by atoms with Crippen LogP contribution in [0.2, 0.25) is 0 Å². The Labute approximate surface area is 158 Å². The second-order valence-electron chi connectivity index (χ2n) is 5.31. The van der Waals surface area contributed by atoms with Gasteiger partial charge in [-0.25, -0.2) is 5.43 Å². The zero-order chi connectivity index (χ0) is 17.1. The Balaban J connectivity index is 1.80. The number of thiophene rings is 1. The molecular weight excluding hydrogens is 433 g/mol. The summed E-state index contributed by atoms with van der Waals surface area (Å²) in [6.45, 7) is 4.11. The highest BCUT2D eigenvalue weighted by Crippen LogP contribution is 2.20. The number of hydrogen-bond donors (Lipinski definition) is 1. The molecule has 0 unspecified atom stereocenters. The van der Waals surface area contributed by atoms with E-state index in [1.807, 2.05) is 18.4 Å². The van der Waals surface area contributed by atoms with Crippen molar-refractivity contribution in [1.82, 2.24) is 9.99 Å². The van der Waals surface area contributed by atoms with Crippen molar-refractivity contribution in [3.8, 4) is 5.69 Å². The first-order valence-corrected chi connectivity index (χ1v) is 9.34. The molecule has 4 nitrogen and oxygen atoms in total. The van der Waals surface area contributed by atoms with E-state index in [0.717, 1.165) is 22.6 Å². The lowest BCUT2D eigenvalue weighted by Crippen LogP contribution is -2.16. The van der Waals surface area contributed by atoms with Gasteiger partial charge in [-0.05, 0) is 78.2 Å². The van der Waals surface area contributed by atoms with E-state index in [0.29, 0.717) is 4.88 Å². The molecule has 0 aliphatic heterocycles. The maximum absolute atomic E-state index is 11.9. The molecule has 0 atom stereocenters. The van der Waals surface area contributed by atoms with Gasteiger partial charge in [0.25, 0.3) is 5.91 Å². The summed E-state index contributed by atoms with van der Waals surface area (Å²) >= 11 is 3.69. The van der Waals surface area contributed by atoms with Crippen LogP contribution in [0, 0.1) is 17.4 Å². The van der Waals surface area contributed by atoms with Crippen LogP contribution in [0.4, 0.5) is 0 Å². The van der Waals surface area contributed by atoms with E-state index < -0.39 is 0 Å². The molecule has 3 aromatic rings. The predicted octanol–water partition coefficient (Wildman–Crippen LogP) is 4.52. The molecule has 0 saturated carbocycles. The molecule has 6 heteroatoms. The molecule has 1 amide bonds. The van der Waals surface area contributed by atoms with E-state index >= 15 is 0 Å². The molecule has 2 heterocycles. The third-order valence-corrected chi connectivity index (χ3v) is 5.26. The van der Waals surface area contributed by atoms with E-state index in [4.69, 9.17) is 0 Å². The lowest BCUT2D eigenvalue weighted by Gasteiger charge is -2.09. The number of hydrazone groups is 1. The molecule has 0 aliphatic carbocycles. The smallest absolute Gasteiger partial charge is 0.281 e. The number of amides is 1. The SMILES string of the molecule is Cc1cc(/C=N/NC(=O)c2cccs2)c(C)n1-c1ccc(I)cc1. The molecule has 1 N–H and O–H groups in total. The number of rotatable bonds is 4. The van der Waals surface area contributed by atoms with Crippen LogP contribution in [0.3, 0.4) is 0 Å². The molecule has 3 rings (SSSR count). The summed E-state index contributed by atoms with van der Waals surface area (Å²) < 4.78 is 3.38. The van der Waals surface area contributed by atoms with Crippen LogP contribution in [-0.2, 0) is 0 Å². The Bertz CT molecular complexity index is 880. The van der Waals surface area contributed by atoms with E-state index in [1.54, 1.807) is 12.3 Å². The van der Waals surface area contributed by atoms with Gasteiger partial charge in [-0.2, -0.15) is 5.10 Å². The van der Waals surface area contributed by atoms with E-state index in [2.05, 4.69) is 74.9 Å². The summed E-state index contributed by atoms with van der Waals surface area (Å²) in [7, 11) is 0. The van der Waals surface area contributed by atoms with Crippen molar-refractivity contribution in [2.45, 2.75) is 13.8 Å². The number of aromatic nitrogens is 1. The van der Waals surface area contributed by atoms with Crippen molar-refractivity contribution in [2.75, 3.05) is 0 Å². The quantitative estimate of drug-likeness (QED) is 0.355. The number of nitrogens with zero attached hydrogens (tertiary/aromatic N) is 2. The van der Waals surface area contributed by atoms with Crippen molar-refractivity contribution in [2.24, 2.45) is 5.10 Å². The maximum Gasteiger partial charge on any atom is 0.281 e. The summed E-state index contributed by atoms with van der Waals surface area (Å²) in [5.74, 6) is -0.187. The van der Waals surface area contributed by atoms with Gasteiger partial charge in [0.15, 0.2) is 0 Å².